The van der Waals surface area contributed by atoms with Crippen molar-refractivity contribution in [1.82, 2.24) is 29.0 Å². The van der Waals surface area contributed by atoms with Gasteiger partial charge in [0.25, 0.3) is 10.2 Å². The molecule has 4 heterocycles. The molecule has 0 aliphatic carbocycles. The standard InChI is InChI=1S/C19H23N7O7S/c20-16-13-17(22-8-21-16)26(9-23-13)18-15(29)14(28)12(33-18)5-24-34(30,31)25-19(6-32-7-19)10-3-1-2-4-11(10)27/h1-4,8-9,12,14-15,18,24-25,27-29H,5-7H2,(H2,20,21,22)/t12-,14-,15-,18-/m1/s1. The SMILES string of the molecule is Nc1ncnc2c1ncn2[C@@H]1O[C@H](CNS(=O)(=O)NC2(c3ccccc3O)COC2)[C@@H](O)[C@H]1O. The van der Waals surface area contributed by atoms with Crippen LogP contribution < -0.4 is 15.2 Å². The molecule has 7 N–H and O–H groups in total. The van der Waals surface area contributed by atoms with Gasteiger partial charge in [-0.2, -0.15) is 17.9 Å². The van der Waals surface area contributed by atoms with Gasteiger partial charge in [-0.25, -0.2) is 15.0 Å². The molecule has 0 spiro atoms. The molecule has 0 radical (unpaired) electrons. The van der Waals surface area contributed by atoms with E-state index in [2.05, 4.69) is 24.4 Å². The number of imidazole rings is 1. The van der Waals surface area contributed by atoms with Gasteiger partial charge in [0.15, 0.2) is 17.7 Å². The molecular weight excluding hydrogens is 470 g/mol. The number of hydrogen-bond donors (Lipinski definition) is 6. The van der Waals surface area contributed by atoms with Gasteiger partial charge in [0.05, 0.1) is 19.5 Å². The fourth-order valence-electron chi connectivity index (χ4n) is 4.12. The molecule has 0 amide bonds. The zero-order chi connectivity index (χ0) is 24.1. The minimum atomic E-state index is -4.13. The molecule has 14 nitrogen and oxygen atoms in total. The number of nitrogen functional groups attached to an aromatic ring is 1. The fourth-order valence-corrected chi connectivity index (χ4v) is 5.32. The van der Waals surface area contributed by atoms with Crippen molar-refractivity contribution in [2.75, 3.05) is 25.5 Å². The Kier molecular flexibility index (Phi) is 5.64. The van der Waals surface area contributed by atoms with Gasteiger partial charge in [0.2, 0.25) is 0 Å². The average molecular weight is 494 g/mol. The Bertz CT molecular complexity index is 1310. The lowest BCUT2D eigenvalue weighted by Gasteiger charge is -2.42. The van der Waals surface area contributed by atoms with Gasteiger partial charge in [0, 0.05) is 12.1 Å². The van der Waals surface area contributed by atoms with E-state index >= 15 is 0 Å². The molecule has 2 aliphatic rings. The maximum absolute atomic E-state index is 12.8. The molecule has 0 unspecified atom stereocenters. The Morgan fingerprint density at radius 3 is 2.65 bits per heavy atom. The van der Waals surface area contributed by atoms with Gasteiger partial charge in [0.1, 0.15) is 41.4 Å². The fraction of sp³-hybridized carbons (Fsp3) is 0.421. The smallest absolute Gasteiger partial charge is 0.277 e. The van der Waals surface area contributed by atoms with E-state index in [0.29, 0.717) is 16.7 Å². The molecule has 182 valence electrons. The van der Waals surface area contributed by atoms with E-state index in [0.717, 1.165) is 0 Å². The second-order valence-corrected chi connectivity index (χ2v) is 9.67. The number of para-hydroxylation sites is 1. The van der Waals surface area contributed by atoms with Crippen molar-refractivity contribution in [3.05, 3.63) is 42.5 Å². The van der Waals surface area contributed by atoms with E-state index in [1.165, 1.54) is 23.3 Å². The molecule has 1 aromatic carbocycles. The van der Waals surface area contributed by atoms with E-state index < -0.39 is 40.3 Å². The number of aliphatic hydroxyl groups excluding tert-OH is 2. The third-order valence-electron chi connectivity index (χ3n) is 5.92. The zero-order valence-electron chi connectivity index (χ0n) is 17.6. The number of aliphatic hydroxyl groups is 2. The molecule has 2 fully saturated rings. The maximum Gasteiger partial charge on any atom is 0.277 e. The molecule has 3 aromatic rings. The van der Waals surface area contributed by atoms with Gasteiger partial charge in [-0.15, -0.1) is 0 Å². The number of rotatable bonds is 7. The summed E-state index contributed by atoms with van der Waals surface area (Å²) in [5, 5.41) is 31.2. The lowest BCUT2D eigenvalue weighted by atomic mass is 9.88. The van der Waals surface area contributed by atoms with Crippen molar-refractivity contribution in [2.24, 2.45) is 0 Å². The summed E-state index contributed by atoms with van der Waals surface area (Å²) >= 11 is 0. The minimum absolute atomic E-state index is 0.0352. The van der Waals surface area contributed by atoms with Gasteiger partial charge < -0.3 is 30.5 Å². The van der Waals surface area contributed by atoms with Crippen LogP contribution in [-0.2, 0) is 25.2 Å². The Balaban J connectivity index is 1.29. The summed E-state index contributed by atoms with van der Waals surface area (Å²) in [6, 6.07) is 6.37. The number of hydrogen-bond acceptors (Lipinski definition) is 11. The van der Waals surface area contributed by atoms with Crippen molar-refractivity contribution in [2.45, 2.75) is 30.1 Å². The van der Waals surface area contributed by atoms with Crippen molar-refractivity contribution in [3.63, 3.8) is 0 Å². The van der Waals surface area contributed by atoms with E-state index in [1.807, 2.05) is 0 Å². The molecule has 2 saturated heterocycles. The quantitative estimate of drug-likeness (QED) is 0.214. The average Bonchev–Trinajstić information content (AvgIpc) is 3.32. The van der Waals surface area contributed by atoms with E-state index in [-0.39, 0.29) is 31.3 Å². The van der Waals surface area contributed by atoms with Gasteiger partial charge >= 0.3 is 0 Å². The van der Waals surface area contributed by atoms with Crippen molar-refractivity contribution in [3.8, 4) is 5.75 Å². The van der Waals surface area contributed by atoms with Crippen LogP contribution in [0.2, 0.25) is 0 Å². The number of ether oxygens (including phenoxy) is 2. The van der Waals surface area contributed by atoms with Crippen LogP contribution in [0.4, 0.5) is 5.82 Å². The number of anilines is 1. The third-order valence-corrected chi connectivity index (χ3v) is 7.13. The second-order valence-electron chi connectivity index (χ2n) is 8.18. The number of nitrogens with zero attached hydrogens (tertiary/aromatic N) is 4. The predicted molar refractivity (Wildman–Crippen MR) is 116 cm³/mol. The molecule has 34 heavy (non-hydrogen) atoms. The first-order valence-corrected chi connectivity index (χ1v) is 11.8. The van der Waals surface area contributed by atoms with Crippen LogP contribution in [0.3, 0.4) is 0 Å². The van der Waals surface area contributed by atoms with E-state index in [4.69, 9.17) is 15.2 Å². The van der Waals surface area contributed by atoms with Crippen LogP contribution in [-0.4, -0.2) is 81.3 Å². The number of nitrogens with one attached hydrogen (secondary N) is 2. The van der Waals surface area contributed by atoms with Gasteiger partial charge in [-0.3, -0.25) is 4.57 Å². The molecular formula is C19H23N7O7S. The summed E-state index contributed by atoms with van der Waals surface area (Å²) in [6.45, 7) is -0.271. The van der Waals surface area contributed by atoms with Crippen molar-refractivity contribution >= 4 is 27.2 Å². The van der Waals surface area contributed by atoms with Crippen molar-refractivity contribution < 1.29 is 33.2 Å². The van der Waals surface area contributed by atoms with E-state index in [1.54, 1.807) is 18.2 Å². The highest BCUT2D eigenvalue weighted by Gasteiger charge is 2.47. The number of aromatic nitrogens is 4. The predicted octanol–water partition coefficient (Wildman–Crippen LogP) is -1.92. The summed E-state index contributed by atoms with van der Waals surface area (Å²) in [5.74, 6) is 0.0801. The molecule has 5 rings (SSSR count). The first-order valence-electron chi connectivity index (χ1n) is 10.3. The monoisotopic (exact) mass is 493 g/mol. The molecule has 0 saturated carbocycles. The Labute approximate surface area is 193 Å². The highest BCUT2D eigenvalue weighted by molar-refractivity contribution is 7.87. The Hall–Kier alpha value is -2.92. The highest BCUT2D eigenvalue weighted by Crippen LogP contribution is 2.36. The number of fused-ring (bicyclic) bond motifs is 1. The number of aromatic hydroxyl groups is 1. The molecule has 0 bridgehead atoms. The lowest BCUT2D eigenvalue weighted by Crippen LogP contribution is -2.61. The molecule has 2 aromatic heterocycles. The second kappa shape index (κ2) is 8.38. The minimum Gasteiger partial charge on any atom is -0.508 e. The summed E-state index contributed by atoms with van der Waals surface area (Å²) in [5.41, 5.74) is 5.63. The van der Waals surface area contributed by atoms with Gasteiger partial charge in [-0.1, -0.05) is 18.2 Å². The first kappa shape index (κ1) is 22.9. The number of phenolic OH excluding ortho intramolecular Hbond substituents is 1. The third kappa shape index (κ3) is 3.86. The zero-order valence-corrected chi connectivity index (χ0v) is 18.5. The highest BCUT2D eigenvalue weighted by atomic mass is 32.2. The Morgan fingerprint density at radius 2 is 1.94 bits per heavy atom. The lowest BCUT2D eigenvalue weighted by molar-refractivity contribution is -0.0676. The summed E-state index contributed by atoms with van der Waals surface area (Å²) < 4.78 is 42.8. The number of phenols is 1. The summed E-state index contributed by atoms with van der Waals surface area (Å²) in [7, 11) is -4.13. The molecule has 4 atom stereocenters. The summed E-state index contributed by atoms with van der Waals surface area (Å²) in [4.78, 5) is 12.1. The van der Waals surface area contributed by atoms with E-state index in [9.17, 15) is 23.7 Å². The largest absolute Gasteiger partial charge is 0.508 e. The Morgan fingerprint density at radius 1 is 1.18 bits per heavy atom. The van der Waals surface area contributed by atoms with Crippen LogP contribution in [0, 0.1) is 0 Å². The maximum atomic E-state index is 12.8. The van der Waals surface area contributed by atoms with Crippen LogP contribution in [0.25, 0.3) is 11.2 Å². The van der Waals surface area contributed by atoms with Crippen molar-refractivity contribution in [1.29, 1.82) is 0 Å². The molecule has 15 heteroatoms. The normalized spacial score (nSPS) is 26.5. The number of nitrogens with two attached hydrogens (primary N) is 1. The van der Waals surface area contributed by atoms with Crippen LogP contribution in [0.15, 0.2) is 36.9 Å². The van der Waals surface area contributed by atoms with Crippen LogP contribution >= 0.6 is 0 Å². The van der Waals surface area contributed by atoms with Crippen LogP contribution in [0.1, 0.15) is 11.8 Å². The molecule has 2 aliphatic heterocycles. The number of benzene rings is 1. The van der Waals surface area contributed by atoms with Gasteiger partial charge in [-0.05, 0) is 6.07 Å². The topological polar surface area (TPSA) is 207 Å². The first-order chi connectivity index (χ1) is 16.2. The summed E-state index contributed by atoms with van der Waals surface area (Å²) in [6.07, 6.45) is -2.37. The van der Waals surface area contributed by atoms with Crippen LogP contribution in [0.5, 0.6) is 5.75 Å².